The molecule has 0 aromatic heterocycles. The Morgan fingerprint density at radius 1 is 0.875 bits per heavy atom. The Kier molecular flexibility index (Phi) is 6.44. The summed E-state index contributed by atoms with van der Waals surface area (Å²) in [7, 11) is 0. The molecule has 1 amide bonds. The highest BCUT2D eigenvalue weighted by molar-refractivity contribution is 5.79. The molecule has 0 radical (unpaired) electrons. The Morgan fingerprint density at radius 3 is 2.25 bits per heavy atom. The van der Waals surface area contributed by atoms with Crippen LogP contribution in [-0.4, -0.2) is 61.5 Å². The average molecular weight is 436 g/mol. The monoisotopic (exact) mass is 435 g/mol. The Bertz CT molecular complexity index is 889. The summed E-state index contributed by atoms with van der Waals surface area (Å²) in [5.41, 5.74) is 2.46. The third-order valence-corrected chi connectivity index (χ3v) is 7.74. The third-order valence-electron chi connectivity index (χ3n) is 7.74. The van der Waals surface area contributed by atoms with E-state index in [9.17, 15) is 9.18 Å². The molecule has 2 heterocycles. The number of hydrogen-bond acceptors (Lipinski definition) is 3. The number of likely N-dealkylation sites (tertiary alicyclic amines) is 1. The van der Waals surface area contributed by atoms with E-state index in [1.807, 2.05) is 12.1 Å². The molecular weight excluding hydrogens is 401 g/mol. The van der Waals surface area contributed by atoms with Crippen LogP contribution in [0.5, 0.6) is 0 Å². The highest BCUT2D eigenvalue weighted by Crippen LogP contribution is 2.36. The lowest BCUT2D eigenvalue weighted by molar-refractivity contribution is -0.134. The number of halogens is 1. The summed E-state index contributed by atoms with van der Waals surface area (Å²) in [5, 5.41) is 0. The Hall–Kier alpha value is -2.40. The average Bonchev–Trinajstić information content (AvgIpc) is 3.51. The largest absolute Gasteiger partial charge is 0.369 e. The number of anilines is 1. The van der Waals surface area contributed by atoms with Gasteiger partial charge in [-0.2, -0.15) is 0 Å². The molecule has 5 heteroatoms. The highest BCUT2D eigenvalue weighted by atomic mass is 19.1. The van der Waals surface area contributed by atoms with Crippen molar-refractivity contribution in [1.29, 1.82) is 0 Å². The summed E-state index contributed by atoms with van der Waals surface area (Å²) in [4.78, 5) is 20.2. The molecule has 0 bridgehead atoms. The minimum absolute atomic E-state index is 0.183. The molecule has 4 nitrogen and oxygen atoms in total. The van der Waals surface area contributed by atoms with Gasteiger partial charge in [0.25, 0.3) is 0 Å². The molecule has 0 spiro atoms. The molecule has 2 atom stereocenters. The Morgan fingerprint density at radius 2 is 1.56 bits per heavy atom. The fourth-order valence-electron chi connectivity index (χ4n) is 5.92. The SMILES string of the molecule is O=C(C1CCCC1)N1C[C@H](CN2CCN(c3ccc(F)cc3)CC2)[C@@H](c2ccccc2)C1. The Labute approximate surface area is 191 Å². The zero-order valence-corrected chi connectivity index (χ0v) is 18.8. The minimum atomic E-state index is -0.183. The molecule has 2 saturated heterocycles. The lowest BCUT2D eigenvalue weighted by Gasteiger charge is -2.38. The molecule has 2 aromatic rings. The number of carbonyl (C=O) groups is 1. The number of carbonyl (C=O) groups excluding carboxylic acids is 1. The summed E-state index contributed by atoms with van der Waals surface area (Å²) in [6.45, 7) is 6.70. The summed E-state index contributed by atoms with van der Waals surface area (Å²) in [5.74, 6) is 1.35. The molecule has 1 aliphatic carbocycles. The van der Waals surface area contributed by atoms with Gasteiger partial charge in [-0.3, -0.25) is 9.69 Å². The van der Waals surface area contributed by atoms with E-state index in [4.69, 9.17) is 0 Å². The number of rotatable bonds is 5. The van der Waals surface area contributed by atoms with Gasteiger partial charge in [-0.25, -0.2) is 4.39 Å². The number of hydrogen-bond donors (Lipinski definition) is 0. The van der Waals surface area contributed by atoms with Gasteiger partial charge in [0, 0.05) is 63.3 Å². The predicted molar refractivity (Wildman–Crippen MR) is 126 cm³/mol. The molecule has 3 fully saturated rings. The van der Waals surface area contributed by atoms with Crippen molar-refractivity contribution in [2.45, 2.75) is 31.6 Å². The van der Waals surface area contributed by atoms with E-state index >= 15 is 0 Å². The van der Waals surface area contributed by atoms with Crippen LogP contribution in [0, 0.1) is 17.7 Å². The van der Waals surface area contributed by atoms with Gasteiger partial charge in [-0.1, -0.05) is 43.2 Å². The van der Waals surface area contributed by atoms with Crippen molar-refractivity contribution in [3.63, 3.8) is 0 Å². The van der Waals surface area contributed by atoms with Crippen LogP contribution in [0.15, 0.2) is 54.6 Å². The Balaban J connectivity index is 1.23. The van der Waals surface area contributed by atoms with Crippen molar-refractivity contribution >= 4 is 11.6 Å². The fraction of sp³-hybridized carbons (Fsp3) is 0.519. The second kappa shape index (κ2) is 9.62. The molecule has 2 aliphatic heterocycles. The van der Waals surface area contributed by atoms with Crippen LogP contribution in [0.3, 0.4) is 0 Å². The molecule has 170 valence electrons. The number of nitrogens with zero attached hydrogens (tertiary/aromatic N) is 3. The van der Waals surface area contributed by atoms with Crippen LogP contribution in [0.2, 0.25) is 0 Å². The summed E-state index contributed by atoms with van der Waals surface area (Å²) in [6.07, 6.45) is 4.55. The lowest BCUT2D eigenvalue weighted by Crippen LogP contribution is -2.48. The normalized spacial score (nSPS) is 24.9. The van der Waals surface area contributed by atoms with Gasteiger partial charge in [0.05, 0.1) is 0 Å². The lowest BCUT2D eigenvalue weighted by atomic mass is 9.88. The topological polar surface area (TPSA) is 26.8 Å². The van der Waals surface area contributed by atoms with E-state index in [1.165, 1.54) is 18.4 Å². The first-order chi connectivity index (χ1) is 15.7. The molecule has 2 aromatic carbocycles. The van der Waals surface area contributed by atoms with Gasteiger partial charge < -0.3 is 9.80 Å². The quantitative estimate of drug-likeness (QED) is 0.697. The fourth-order valence-corrected chi connectivity index (χ4v) is 5.92. The molecule has 0 unspecified atom stereocenters. The predicted octanol–water partition coefficient (Wildman–Crippen LogP) is 4.38. The number of piperazine rings is 1. The van der Waals surface area contributed by atoms with Gasteiger partial charge in [0.1, 0.15) is 5.82 Å². The first-order valence-electron chi connectivity index (χ1n) is 12.2. The van der Waals surface area contributed by atoms with E-state index in [0.29, 0.717) is 17.7 Å². The van der Waals surface area contributed by atoms with E-state index < -0.39 is 0 Å². The van der Waals surface area contributed by atoms with Crippen LogP contribution in [0.4, 0.5) is 10.1 Å². The summed E-state index contributed by atoms with van der Waals surface area (Å²) >= 11 is 0. The molecule has 5 rings (SSSR count). The first kappa shape index (κ1) is 21.4. The van der Waals surface area contributed by atoms with Crippen LogP contribution in [0.1, 0.15) is 37.2 Å². The maximum absolute atomic E-state index is 13.3. The second-order valence-electron chi connectivity index (χ2n) is 9.77. The van der Waals surface area contributed by atoms with Crippen molar-refractivity contribution < 1.29 is 9.18 Å². The first-order valence-corrected chi connectivity index (χ1v) is 12.2. The van der Waals surface area contributed by atoms with Crippen molar-refractivity contribution in [2.24, 2.45) is 11.8 Å². The molecular formula is C27H34FN3O. The van der Waals surface area contributed by atoms with Crippen LogP contribution < -0.4 is 4.90 Å². The van der Waals surface area contributed by atoms with E-state index in [1.54, 1.807) is 12.1 Å². The van der Waals surface area contributed by atoms with E-state index in [0.717, 1.165) is 64.3 Å². The van der Waals surface area contributed by atoms with Crippen molar-refractivity contribution in [3.05, 3.63) is 66.0 Å². The van der Waals surface area contributed by atoms with Gasteiger partial charge in [0.2, 0.25) is 5.91 Å². The molecule has 1 saturated carbocycles. The van der Waals surface area contributed by atoms with Gasteiger partial charge >= 0.3 is 0 Å². The zero-order chi connectivity index (χ0) is 21.9. The zero-order valence-electron chi connectivity index (χ0n) is 18.8. The molecule has 3 aliphatic rings. The number of benzene rings is 2. The van der Waals surface area contributed by atoms with Crippen molar-refractivity contribution in [3.8, 4) is 0 Å². The maximum atomic E-state index is 13.3. The number of amides is 1. The van der Waals surface area contributed by atoms with E-state index in [-0.39, 0.29) is 11.7 Å². The maximum Gasteiger partial charge on any atom is 0.225 e. The summed E-state index contributed by atoms with van der Waals surface area (Å²) < 4.78 is 13.3. The second-order valence-corrected chi connectivity index (χ2v) is 9.77. The molecule has 32 heavy (non-hydrogen) atoms. The van der Waals surface area contributed by atoms with Crippen molar-refractivity contribution in [2.75, 3.05) is 50.7 Å². The highest BCUT2D eigenvalue weighted by Gasteiger charge is 2.39. The summed E-state index contributed by atoms with van der Waals surface area (Å²) in [6, 6.07) is 17.6. The van der Waals surface area contributed by atoms with Gasteiger partial charge in [0.15, 0.2) is 0 Å². The van der Waals surface area contributed by atoms with Gasteiger partial charge in [-0.15, -0.1) is 0 Å². The van der Waals surface area contributed by atoms with E-state index in [2.05, 4.69) is 45.0 Å². The minimum Gasteiger partial charge on any atom is -0.369 e. The smallest absolute Gasteiger partial charge is 0.225 e. The van der Waals surface area contributed by atoms with Crippen LogP contribution in [0.25, 0.3) is 0 Å². The standard InChI is InChI=1S/C27H34FN3O/c28-24-10-12-25(13-11-24)30-16-14-29(15-17-30)18-23-19-31(27(32)22-8-4-5-9-22)20-26(23)21-6-2-1-3-7-21/h1-3,6-7,10-13,22-23,26H,4-5,8-9,14-20H2/t23-,26+/m0/s1. The third kappa shape index (κ3) is 4.68. The van der Waals surface area contributed by atoms with Crippen LogP contribution >= 0.6 is 0 Å². The van der Waals surface area contributed by atoms with Crippen molar-refractivity contribution in [1.82, 2.24) is 9.80 Å². The van der Waals surface area contributed by atoms with Gasteiger partial charge in [-0.05, 0) is 48.6 Å². The van der Waals surface area contributed by atoms with Crippen LogP contribution in [-0.2, 0) is 4.79 Å². The molecule has 0 N–H and O–H groups in total.